The van der Waals surface area contributed by atoms with Gasteiger partial charge in [-0.2, -0.15) is 0 Å². The van der Waals surface area contributed by atoms with Gasteiger partial charge in [-0.1, -0.05) is 91.0 Å². The van der Waals surface area contributed by atoms with Crippen LogP contribution >= 0.6 is 0 Å². The quantitative estimate of drug-likeness (QED) is 0.101. The maximum absolute atomic E-state index is 11.4. The summed E-state index contributed by atoms with van der Waals surface area (Å²) in [6, 6.07) is 27.6. The van der Waals surface area contributed by atoms with Crippen molar-refractivity contribution in [2.75, 3.05) is 13.2 Å². The van der Waals surface area contributed by atoms with E-state index in [1.807, 2.05) is 91.0 Å². The third kappa shape index (κ3) is 9.50. The van der Waals surface area contributed by atoms with Crippen LogP contribution in [0.5, 0.6) is 0 Å². The first-order chi connectivity index (χ1) is 20.6. The second-order valence-corrected chi connectivity index (χ2v) is 10.3. The summed E-state index contributed by atoms with van der Waals surface area (Å²) in [6.07, 6.45) is 1.47. The molecule has 0 unspecified atom stereocenters. The molecule has 0 saturated carbocycles. The minimum absolute atomic E-state index is 0.197. The smallest absolute Gasteiger partial charge is 0.0926 e. The molecule has 222 valence electrons. The SMILES string of the molecule is OC[C@H](NCc1ccccc1)[C@@H](O)[C@@H](NCc1ccccc1)c1cnc(C[C@H](O)[C@H](CO)NCc2ccccc2)cn1. The van der Waals surface area contributed by atoms with Crippen LogP contribution < -0.4 is 16.0 Å². The van der Waals surface area contributed by atoms with Gasteiger partial charge in [0.2, 0.25) is 0 Å². The normalized spacial score (nSPS) is 15.0. The van der Waals surface area contributed by atoms with E-state index in [1.54, 1.807) is 12.4 Å². The van der Waals surface area contributed by atoms with Crippen LogP contribution in [0.25, 0.3) is 0 Å². The Labute approximate surface area is 247 Å². The summed E-state index contributed by atoms with van der Waals surface area (Å²) in [5, 5.41) is 52.1. The van der Waals surface area contributed by atoms with E-state index >= 15 is 0 Å². The molecule has 4 rings (SSSR count). The zero-order chi connectivity index (χ0) is 29.6. The van der Waals surface area contributed by atoms with Crippen molar-refractivity contribution < 1.29 is 20.4 Å². The molecule has 9 heteroatoms. The second kappa shape index (κ2) is 16.8. The maximum atomic E-state index is 11.4. The number of rotatable bonds is 17. The van der Waals surface area contributed by atoms with E-state index in [2.05, 4.69) is 25.9 Å². The largest absolute Gasteiger partial charge is 0.395 e. The Kier molecular flexibility index (Phi) is 12.6. The molecule has 0 spiro atoms. The Morgan fingerprint density at radius 2 is 1.05 bits per heavy atom. The van der Waals surface area contributed by atoms with Crippen molar-refractivity contribution in [2.24, 2.45) is 0 Å². The molecule has 4 aromatic rings. The lowest BCUT2D eigenvalue weighted by atomic mass is 9.99. The maximum Gasteiger partial charge on any atom is 0.0926 e. The molecule has 5 atom stereocenters. The molecule has 1 heterocycles. The fraction of sp³-hybridized carbons (Fsp3) is 0.333. The van der Waals surface area contributed by atoms with Crippen LogP contribution in [0.2, 0.25) is 0 Å². The molecule has 42 heavy (non-hydrogen) atoms. The summed E-state index contributed by atoms with van der Waals surface area (Å²) < 4.78 is 0. The van der Waals surface area contributed by atoms with Crippen molar-refractivity contribution in [1.29, 1.82) is 0 Å². The highest BCUT2D eigenvalue weighted by Gasteiger charge is 2.30. The van der Waals surface area contributed by atoms with Crippen molar-refractivity contribution in [3.05, 3.63) is 131 Å². The van der Waals surface area contributed by atoms with Crippen molar-refractivity contribution >= 4 is 0 Å². The summed E-state index contributed by atoms with van der Waals surface area (Å²) in [5.41, 5.74) is 4.21. The molecule has 0 aliphatic heterocycles. The summed E-state index contributed by atoms with van der Waals surface area (Å²) in [7, 11) is 0. The van der Waals surface area contributed by atoms with Crippen LogP contribution in [0.4, 0.5) is 0 Å². The fourth-order valence-electron chi connectivity index (χ4n) is 4.75. The summed E-state index contributed by atoms with van der Waals surface area (Å²) >= 11 is 0. The molecule has 1 aromatic heterocycles. The van der Waals surface area contributed by atoms with Crippen molar-refractivity contribution in [3.8, 4) is 0 Å². The highest BCUT2D eigenvalue weighted by Crippen LogP contribution is 2.19. The zero-order valence-corrected chi connectivity index (χ0v) is 23.6. The first kappa shape index (κ1) is 31.4. The van der Waals surface area contributed by atoms with Crippen molar-refractivity contribution in [2.45, 2.75) is 56.4 Å². The third-order valence-electron chi connectivity index (χ3n) is 7.27. The first-order valence-corrected chi connectivity index (χ1v) is 14.3. The van der Waals surface area contributed by atoms with Gasteiger partial charge in [-0.15, -0.1) is 0 Å². The minimum atomic E-state index is -1.02. The molecule has 0 aliphatic rings. The van der Waals surface area contributed by atoms with Crippen LogP contribution in [0.3, 0.4) is 0 Å². The Morgan fingerprint density at radius 3 is 1.50 bits per heavy atom. The Morgan fingerprint density at radius 1 is 0.571 bits per heavy atom. The number of hydrogen-bond acceptors (Lipinski definition) is 9. The van der Waals surface area contributed by atoms with Gasteiger partial charge in [0.25, 0.3) is 0 Å². The predicted octanol–water partition coefficient (Wildman–Crippen LogP) is 1.87. The van der Waals surface area contributed by atoms with E-state index in [-0.39, 0.29) is 19.6 Å². The average molecular weight is 572 g/mol. The number of aliphatic hydroxyl groups excluding tert-OH is 4. The van der Waals surface area contributed by atoms with E-state index < -0.39 is 30.3 Å². The lowest BCUT2D eigenvalue weighted by Gasteiger charge is -2.30. The molecule has 0 aliphatic carbocycles. The molecule has 0 fully saturated rings. The highest BCUT2D eigenvalue weighted by molar-refractivity contribution is 5.18. The van der Waals surface area contributed by atoms with Gasteiger partial charge in [0, 0.05) is 32.3 Å². The topological polar surface area (TPSA) is 143 Å². The van der Waals surface area contributed by atoms with Crippen LogP contribution in [-0.4, -0.2) is 67.9 Å². The third-order valence-corrected chi connectivity index (χ3v) is 7.27. The molecular formula is C33H41N5O4. The lowest BCUT2D eigenvalue weighted by molar-refractivity contribution is 0.0557. The van der Waals surface area contributed by atoms with E-state index in [1.165, 1.54) is 0 Å². The van der Waals surface area contributed by atoms with Gasteiger partial charge in [0.1, 0.15) is 0 Å². The highest BCUT2D eigenvalue weighted by atomic mass is 16.3. The number of aliphatic hydroxyl groups is 4. The number of nitrogens with zero attached hydrogens (tertiary/aromatic N) is 2. The van der Waals surface area contributed by atoms with Gasteiger partial charge >= 0.3 is 0 Å². The monoisotopic (exact) mass is 571 g/mol. The van der Waals surface area contributed by atoms with Crippen molar-refractivity contribution in [1.82, 2.24) is 25.9 Å². The zero-order valence-electron chi connectivity index (χ0n) is 23.6. The number of nitrogens with one attached hydrogen (secondary N) is 3. The van der Waals surface area contributed by atoms with E-state index in [0.717, 1.165) is 16.7 Å². The Balaban J connectivity index is 1.43. The standard InChI is InChI=1S/C33H41N5O4/c39-22-29(35-17-24-10-4-1-5-11-24)31(41)16-27-20-37-28(21-34-27)32(38-19-26-14-8-3-9-15-26)33(42)30(23-40)36-18-25-12-6-2-7-13-25/h1-15,20-21,29-33,35-36,38-42H,16-19,22-23H2/t29-,30-,31-,32-,33+/m0/s1. The van der Waals surface area contributed by atoms with Crippen LogP contribution in [0, 0.1) is 0 Å². The van der Waals surface area contributed by atoms with Crippen LogP contribution in [-0.2, 0) is 26.1 Å². The van der Waals surface area contributed by atoms with Gasteiger partial charge in [-0.3, -0.25) is 9.97 Å². The Bertz CT molecular complexity index is 1280. The van der Waals surface area contributed by atoms with Gasteiger partial charge in [0.05, 0.1) is 61.1 Å². The fourth-order valence-corrected chi connectivity index (χ4v) is 4.75. The lowest BCUT2D eigenvalue weighted by Crippen LogP contribution is -2.49. The summed E-state index contributed by atoms with van der Waals surface area (Å²) in [4.78, 5) is 9.12. The molecule has 7 N–H and O–H groups in total. The molecule has 0 bridgehead atoms. The van der Waals surface area contributed by atoms with E-state index in [0.29, 0.717) is 31.0 Å². The number of benzene rings is 3. The van der Waals surface area contributed by atoms with Gasteiger partial charge in [-0.05, 0) is 16.7 Å². The molecule has 0 amide bonds. The molecule has 3 aromatic carbocycles. The predicted molar refractivity (Wildman–Crippen MR) is 162 cm³/mol. The average Bonchev–Trinajstić information content (AvgIpc) is 3.04. The van der Waals surface area contributed by atoms with Crippen LogP contribution in [0.1, 0.15) is 34.1 Å². The van der Waals surface area contributed by atoms with Crippen molar-refractivity contribution in [3.63, 3.8) is 0 Å². The minimum Gasteiger partial charge on any atom is -0.395 e. The summed E-state index contributed by atoms with van der Waals surface area (Å²) in [6.45, 7) is 0.988. The second-order valence-electron chi connectivity index (χ2n) is 10.3. The van der Waals surface area contributed by atoms with E-state index in [9.17, 15) is 20.4 Å². The number of aromatic nitrogens is 2. The Hall–Kier alpha value is -3.54. The molecule has 9 nitrogen and oxygen atoms in total. The van der Waals surface area contributed by atoms with Crippen LogP contribution in [0.15, 0.2) is 103 Å². The molecular weight excluding hydrogens is 530 g/mol. The van der Waals surface area contributed by atoms with Gasteiger partial charge in [-0.25, -0.2) is 0 Å². The number of hydrogen-bond donors (Lipinski definition) is 7. The molecule has 0 radical (unpaired) electrons. The van der Waals surface area contributed by atoms with E-state index in [4.69, 9.17) is 0 Å². The van der Waals surface area contributed by atoms with Gasteiger partial charge < -0.3 is 36.4 Å². The first-order valence-electron chi connectivity index (χ1n) is 14.3. The summed E-state index contributed by atoms with van der Waals surface area (Å²) in [5.74, 6) is 0. The van der Waals surface area contributed by atoms with Gasteiger partial charge in [0.15, 0.2) is 0 Å². The molecule has 0 saturated heterocycles.